The highest BCUT2D eigenvalue weighted by Crippen LogP contribution is 2.32. The van der Waals surface area contributed by atoms with Crippen molar-refractivity contribution in [2.45, 2.75) is 45.5 Å². The zero-order valence-corrected chi connectivity index (χ0v) is 11.6. The van der Waals surface area contributed by atoms with Gasteiger partial charge in [-0.25, -0.2) is 14.1 Å². The third-order valence-corrected chi connectivity index (χ3v) is 3.29. The van der Waals surface area contributed by atoms with E-state index in [9.17, 15) is 19.1 Å². The van der Waals surface area contributed by atoms with Crippen LogP contribution in [0, 0.1) is 5.41 Å². The molecule has 6 heteroatoms. The Bertz CT molecular complexity index is 400. The molecule has 0 aromatic heterocycles. The average molecular weight is 273 g/mol. The van der Waals surface area contributed by atoms with Gasteiger partial charge in [0, 0.05) is 0 Å². The molecule has 3 atom stereocenters. The van der Waals surface area contributed by atoms with Gasteiger partial charge < -0.3 is 9.84 Å². The van der Waals surface area contributed by atoms with Crippen molar-refractivity contribution >= 4 is 12.0 Å². The molecule has 2 amide bonds. The lowest BCUT2D eigenvalue weighted by atomic mass is 9.85. The number of hydrogen-bond acceptors (Lipinski definition) is 4. The molecule has 1 aliphatic rings. The van der Waals surface area contributed by atoms with Gasteiger partial charge in [0.25, 0.3) is 5.91 Å². The number of nitrogens with zero attached hydrogens (tertiary/aromatic N) is 1. The SMILES string of the molecule is C=C[C@@H](O)C(C)(F)C(=O)N1C(=O)OC[C@@H]1C(C)(C)C. The summed E-state index contributed by atoms with van der Waals surface area (Å²) in [5, 5.41) is 9.50. The minimum Gasteiger partial charge on any atom is -0.447 e. The zero-order valence-electron chi connectivity index (χ0n) is 11.6. The predicted octanol–water partition coefficient (Wildman–Crippen LogP) is 1.66. The van der Waals surface area contributed by atoms with Crippen LogP contribution in [0.25, 0.3) is 0 Å². The molecule has 0 aromatic carbocycles. The number of aliphatic hydroxyl groups is 1. The van der Waals surface area contributed by atoms with Gasteiger partial charge in [-0.2, -0.15) is 0 Å². The molecule has 1 rings (SSSR count). The summed E-state index contributed by atoms with van der Waals surface area (Å²) in [7, 11) is 0. The summed E-state index contributed by atoms with van der Waals surface area (Å²) in [6, 6.07) is -0.570. The number of halogens is 1. The van der Waals surface area contributed by atoms with Crippen molar-refractivity contribution in [2.24, 2.45) is 5.41 Å². The largest absolute Gasteiger partial charge is 0.447 e. The van der Waals surface area contributed by atoms with Gasteiger partial charge in [-0.1, -0.05) is 26.8 Å². The van der Waals surface area contributed by atoms with E-state index in [0.29, 0.717) is 0 Å². The third kappa shape index (κ3) is 2.78. The van der Waals surface area contributed by atoms with Gasteiger partial charge in [-0.3, -0.25) is 4.79 Å². The van der Waals surface area contributed by atoms with Crippen LogP contribution in [-0.2, 0) is 9.53 Å². The molecular formula is C13H20FNO4. The first-order valence-corrected chi connectivity index (χ1v) is 6.03. The molecule has 1 unspecified atom stereocenters. The van der Waals surface area contributed by atoms with E-state index in [1.165, 1.54) is 0 Å². The molecule has 19 heavy (non-hydrogen) atoms. The van der Waals surface area contributed by atoms with Crippen LogP contribution in [0.4, 0.5) is 9.18 Å². The standard InChI is InChI=1S/C13H20FNO4/c1-6-9(16)13(5,14)10(17)15-8(12(2,3)4)7-19-11(15)18/h6,8-9,16H,1,7H2,2-5H3/t8-,9-,13?/m1/s1. The van der Waals surface area contributed by atoms with Gasteiger partial charge in [0.05, 0.1) is 6.04 Å². The van der Waals surface area contributed by atoms with Gasteiger partial charge in [0.2, 0.25) is 5.67 Å². The van der Waals surface area contributed by atoms with Crippen molar-refractivity contribution in [1.29, 1.82) is 0 Å². The Hall–Kier alpha value is -1.43. The summed E-state index contributed by atoms with van der Waals surface area (Å²) in [6.45, 7) is 9.65. The summed E-state index contributed by atoms with van der Waals surface area (Å²) in [4.78, 5) is 24.6. The Morgan fingerprint density at radius 2 is 2.11 bits per heavy atom. The number of rotatable bonds is 3. The van der Waals surface area contributed by atoms with Gasteiger partial charge in [0.1, 0.15) is 12.7 Å². The normalized spacial score (nSPS) is 24.6. The second-order valence-corrected chi connectivity index (χ2v) is 5.89. The fourth-order valence-corrected chi connectivity index (χ4v) is 1.87. The lowest BCUT2D eigenvalue weighted by Crippen LogP contribution is -2.56. The van der Waals surface area contributed by atoms with Crippen LogP contribution in [0.5, 0.6) is 0 Å². The van der Waals surface area contributed by atoms with Gasteiger partial charge in [-0.15, -0.1) is 6.58 Å². The first-order chi connectivity index (χ1) is 8.53. The lowest BCUT2D eigenvalue weighted by molar-refractivity contribution is -0.147. The average Bonchev–Trinajstić information content (AvgIpc) is 2.68. The molecule has 1 saturated heterocycles. The molecule has 0 aliphatic carbocycles. The van der Waals surface area contributed by atoms with Crippen LogP contribution >= 0.6 is 0 Å². The maximum absolute atomic E-state index is 14.3. The van der Waals surface area contributed by atoms with Crippen molar-refractivity contribution in [3.05, 3.63) is 12.7 Å². The number of ether oxygens (including phenoxy) is 1. The molecule has 0 bridgehead atoms. The lowest BCUT2D eigenvalue weighted by Gasteiger charge is -2.34. The fourth-order valence-electron chi connectivity index (χ4n) is 1.87. The molecule has 5 nitrogen and oxygen atoms in total. The Morgan fingerprint density at radius 1 is 1.58 bits per heavy atom. The molecule has 1 N–H and O–H groups in total. The quantitative estimate of drug-likeness (QED) is 0.794. The van der Waals surface area contributed by atoms with Crippen LogP contribution in [0.1, 0.15) is 27.7 Å². The van der Waals surface area contributed by atoms with E-state index in [-0.39, 0.29) is 6.61 Å². The number of carbonyl (C=O) groups is 2. The van der Waals surface area contributed by atoms with E-state index in [2.05, 4.69) is 6.58 Å². The summed E-state index contributed by atoms with van der Waals surface area (Å²) >= 11 is 0. The van der Waals surface area contributed by atoms with Crippen LogP contribution in [0.2, 0.25) is 0 Å². The zero-order chi connectivity index (χ0) is 15.0. The highest BCUT2D eigenvalue weighted by atomic mass is 19.1. The Morgan fingerprint density at radius 3 is 2.53 bits per heavy atom. The van der Waals surface area contributed by atoms with Crippen LogP contribution in [0.3, 0.4) is 0 Å². The number of cyclic esters (lactones) is 1. The van der Waals surface area contributed by atoms with E-state index in [0.717, 1.165) is 17.9 Å². The molecule has 0 aromatic rings. The van der Waals surface area contributed by atoms with Crippen molar-refractivity contribution in [3.8, 4) is 0 Å². The summed E-state index contributed by atoms with van der Waals surface area (Å²) < 4.78 is 19.2. The molecule has 0 saturated carbocycles. The van der Waals surface area contributed by atoms with Crippen molar-refractivity contribution in [2.75, 3.05) is 6.61 Å². The highest BCUT2D eigenvalue weighted by Gasteiger charge is 2.52. The van der Waals surface area contributed by atoms with E-state index in [4.69, 9.17) is 4.74 Å². The highest BCUT2D eigenvalue weighted by molar-refractivity contribution is 5.98. The van der Waals surface area contributed by atoms with E-state index >= 15 is 0 Å². The molecule has 1 aliphatic heterocycles. The van der Waals surface area contributed by atoms with Gasteiger partial charge >= 0.3 is 6.09 Å². The monoisotopic (exact) mass is 273 g/mol. The fraction of sp³-hybridized carbons (Fsp3) is 0.692. The Kier molecular flexibility index (Phi) is 4.05. The second kappa shape index (κ2) is 4.92. The number of hydrogen-bond donors (Lipinski definition) is 1. The maximum atomic E-state index is 14.3. The van der Waals surface area contributed by atoms with Gasteiger partial charge in [-0.05, 0) is 12.3 Å². The predicted molar refractivity (Wildman–Crippen MR) is 67.2 cm³/mol. The first kappa shape index (κ1) is 15.6. The van der Waals surface area contributed by atoms with Crippen LogP contribution in [-0.4, -0.2) is 46.4 Å². The first-order valence-electron chi connectivity index (χ1n) is 6.03. The van der Waals surface area contributed by atoms with Crippen LogP contribution in [0.15, 0.2) is 12.7 Å². The minimum atomic E-state index is -2.62. The molecule has 1 fully saturated rings. The van der Waals surface area contributed by atoms with E-state index in [1.807, 2.05) is 20.8 Å². The maximum Gasteiger partial charge on any atom is 0.417 e. The topological polar surface area (TPSA) is 66.8 Å². The molecule has 0 spiro atoms. The smallest absolute Gasteiger partial charge is 0.417 e. The minimum absolute atomic E-state index is 0.0222. The van der Waals surface area contributed by atoms with Gasteiger partial charge in [0.15, 0.2) is 0 Å². The van der Waals surface area contributed by atoms with Crippen molar-refractivity contribution < 1.29 is 23.8 Å². The van der Waals surface area contributed by atoms with E-state index in [1.54, 1.807) is 0 Å². The number of imide groups is 1. The molecule has 1 heterocycles. The Balaban J connectivity index is 3.09. The van der Waals surface area contributed by atoms with Crippen molar-refractivity contribution in [3.63, 3.8) is 0 Å². The van der Waals surface area contributed by atoms with Crippen molar-refractivity contribution in [1.82, 2.24) is 4.90 Å². The molecule has 0 radical (unpaired) electrons. The summed E-state index contributed by atoms with van der Waals surface area (Å²) in [6.07, 6.45) is -1.65. The number of amides is 2. The second-order valence-electron chi connectivity index (χ2n) is 5.89. The molecule has 108 valence electrons. The number of alkyl halides is 1. The number of carbonyl (C=O) groups excluding carboxylic acids is 2. The Labute approximate surface area is 112 Å². The molecular weight excluding hydrogens is 253 g/mol. The summed E-state index contributed by atoms with van der Waals surface area (Å²) in [5.41, 5.74) is -3.06. The van der Waals surface area contributed by atoms with E-state index < -0.39 is 35.2 Å². The summed E-state index contributed by atoms with van der Waals surface area (Å²) in [5.74, 6) is -1.11. The van der Waals surface area contributed by atoms with Crippen LogP contribution < -0.4 is 0 Å². The number of aliphatic hydroxyl groups excluding tert-OH is 1. The third-order valence-electron chi connectivity index (χ3n) is 3.29.